The minimum atomic E-state index is -1.06. The van der Waals surface area contributed by atoms with Crippen molar-refractivity contribution in [1.82, 2.24) is 5.32 Å². The molecule has 0 radical (unpaired) electrons. The summed E-state index contributed by atoms with van der Waals surface area (Å²) >= 11 is 0. The monoisotopic (exact) mass is 315 g/mol. The molecule has 6 nitrogen and oxygen atoms in total. The Morgan fingerprint density at radius 2 is 1.70 bits per heavy atom. The second-order valence-corrected chi connectivity index (χ2v) is 4.71. The molecule has 0 fully saturated rings. The van der Waals surface area contributed by atoms with E-state index in [9.17, 15) is 9.59 Å². The molecule has 0 spiro atoms. The molecular weight excluding hydrogens is 298 g/mol. The number of carbonyl (C=O) groups is 2. The van der Waals surface area contributed by atoms with Crippen molar-refractivity contribution in [3.05, 3.63) is 65.7 Å². The van der Waals surface area contributed by atoms with E-state index in [1.807, 2.05) is 30.3 Å². The zero-order valence-electron chi connectivity index (χ0n) is 12.4. The Hall–Kier alpha value is -3.02. The largest absolute Gasteiger partial charge is 0.482 e. The standard InChI is InChI=1S/C17H17NO5/c19-16(20)12-22-15-9-5-4-8-14(15)10-18-17(21)23-11-13-6-2-1-3-7-13/h1-9H,10-12H2,(H,18,21)(H,19,20). The summed E-state index contributed by atoms with van der Waals surface area (Å²) in [6, 6.07) is 16.2. The molecule has 0 saturated carbocycles. The lowest BCUT2D eigenvalue weighted by atomic mass is 10.2. The van der Waals surface area contributed by atoms with Crippen molar-refractivity contribution in [2.45, 2.75) is 13.2 Å². The molecule has 0 unspecified atom stereocenters. The Bertz CT molecular complexity index is 657. The highest BCUT2D eigenvalue weighted by Gasteiger charge is 2.08. The van der Waals surface area contributed by atoms with Gasteiger partial charge in [-0.2, -0.15) is 0 Å². The number of benzene rings is 2. The van der Waals surface area contributed by atoms with Crippen LogP contribution in [0.4, 0.5) is 4.79 Å². The van der Waals surface area contributed by atoms with Gasteiger partial charge in [0.2, 0.25) is 0 Å². The van der Waals surface area contributed by atoms with Gasteiger partial charge in [-0.15, -0.1) is 0 Å². The summed E-state index contributed by atoms with van der Waals surface area (Å²) < 4.78 is 10.3. The number of amides is 1. The zero-order chi connectivity index (χ0) is 16.5. The number of hydrogen-bond acceptors (Lipinski definition) is 4. The van der Waals surface area contributed by atoms with Gasteiger partial charge in [0.25, 0.3) is 0 Å². The summed E-state index contributed by atoms with van der Waals surface area (Å²) in [5, 5.41) is 11.3. The first-order valence-corrected chi connectivity index (χ1v) is 7.02. The fourth-order valence-electron chi connectivity index (χ4n) is 1.87. The van der Waals surface area contributed by atoms with Gasteiger partial charge in [0.15, 0.2) is 6.61 Å². The Kier molecular flexibility index (Phi) is 5.99. The minimum absolute atomic E-state index is 0.184. The number of carbonyl (C=O) groups excluding carboxylic acids is 1. The Balaban J connectivity index is 1.83. The number of carboxylic acid groups (broad SMARTS) is 1. The second-order valence-electron chi connectivity index (χ2n) is 4.71. The molecule has 0 aliphatic heterocycles. The summed E-state index contributed by atoms with van der Waals surface area (Å²) in [4.78, 5) is 22.3. The van der Waals surface area contributed by atoms with Crippen molar-refractivity contribution >= 4 is 12.1 Å². The van der Waals surface area contributed by atoms with Crippen LogP contribution >= 0.6 is 0 Å². The number of aliphatic carboxylic acids is 1. The average Bonchev–Trinajstić information content (AvgIpc) is 2.58. The van der Waals surface area contributed by atoms with Gasteiger partial charge in [0, 0.05) is 12.1 Å². The van der Waals surface area contributed by atoms with Gasteiger partial charge in [-0.25, -0.2) is 9.59 Å². The molecule has 2 aromatic rings. The van der Waals surface area contributed by atoms with Crippen molar-refractivity contribution < 1.29 is 24.2 Å². The molecule has 0 aliphatic carbocycles. The second kappa shape index (κ2) is 8.43. The highest BCUT2D eigenvalue weighted by molar-refractivity contribution is 5.69. The summed E-state index contributed by atoms with van der Waals surface area (Å²) in [6.45, 7) is -0.0667. The molecule has 0 atom stereocenters. The summed E-state index contributed by atoms with van der Waals surface area (Å²) in [6.07, 6.45) is -0.554. The summed E-state index contributed by atoms with van der Waals surface area (Å²) in [5.74, 6) is -0.645. The number of rotatable bonds is 7. The molecule has 2 aromatic carbocycles. The van der Waals surface area contributed by atoms with E-state index < -0.39 is 18.7 Å². The van der Waals surface area contributed by atoms with E-state index in [0.717, 1.165) is 5.56 Å². The van der Waals surface area contributed by atoms with Gasteiger partial charge >= 0.3 is 12.1 Å². The predicted molar refractivity (Wildman–Crippen MR) is 83.0 cm³/mol. The number of ether oxygens (including phenoxy) is 2. The molecule has 120 valence electrons. The number of nitrogens with one attached hydrogen (secondary N) is 1. The Labute approximate surface area is 133 Å². The number of hydrogen-bond donors (Lipinski definition) is 2. The van der Waals surface area contributed by atoms with Crippen LogP contribution in [0.1, 0.15) is 11.1 Å². The van der Waals surface area contributed by atoms with Crippen LogP contribution in [0.15, 0.2) is 54.6 Å². The maximum Gasteiger partial charge on any atom is 0.407 e. The van der Waals surface area contributed by atoms with E-state index in [1.54, 1.807) is 24.3 Å². The lowest BCUT2D eigenvalue weighted by Crippen LogP contribution is -2.24. The lowest BCUT2D eigenvalue weighted by molar-refractivity contribution is -0.139. The van der Waals surface area contributed by atoms with Crippen molar-refractivity contribution in [2.24, 2.45) is 0 Å². The Morgan fingerprint density at radius 3 is 2.43 bits per heavy atom. The zero-order valence-corrected chi connectivity index (χ0v) is 12.4. The topological polar surface area (TPSA) is 84.9 Å². The molecule has 2 rings (SSSR count). The van der Waals surface area contributed by atoms with Crippen LogP contribution in [0.25, 0.3) is 0 Å². The van der Waals surface area contributed by atoms with Crippen LogP contribution < -0.4 is 10.1 Å². The normalized spacial score (nSPS) is 9.91. The average molecular weight is 315 g/mol. The molecule has 0 aromatic heterocycles. The van der Waals surface area contributed by atoms with Crippen molar-refractivity contribution in [1.29, 1.82) is 0 Å². The van der Waals surface area contributed by atoms with Crippen LogP contribution in [0.2, 0.25) is 0 Å². The van der Waals surface area contributed by atoms with Crippen LogP contribution in [0.3, 0.4) is 0 Å². The van der Waals surface area contributed by atoms with Crippen LogP contribution in [0.5, 0.6) is 5.75 Å². The highest BCUT2D eigenvalue weighted by atomic mass is 16.5. The first-order valence-electron chi connectivity index (χ1n) is 7.02. The first kappa shape index (κ1) is 16.4. The van der Waals surface area contributed by atoms with Crippen molar-refractivity contribution in [2.75, 3.05) is 6.61 Å². The first-order chi connectivity index (χ1) is 11.1. The van der Waals surface area contributed by atoms with E-state index in [1.165, 1.54) is 0 Å². The number of alkyl carbamates (subject to hydrolysis) is 1. The number of carboxylic acids is 1. The van der Waals surface area contributed by atoms with E-state index in [2.05, 4.69) is 5.32 Å². The van der Waals surface area contributed by atoms with E-state index in [-0.39, 0.29) is 13.2 Å². The molecule has 0 bridgehead atoms. The van der Waals surface area contributed by atoms with Crippen LogP contribution in [-0.4, -0.2) is 23.8 Å². The van der Waals surface area contributed by atoms with Crippen molar-refractivity contribution in [3.8, 4) is 5.75 Å². The fraction of sp³-hybridized carbons (Fsp3) is 0.176. The van der Waals surface area contributed by atoms with Crippen molar-refractivity contribution in [3.63, 3.8) is 0 Å². The summed E-state index contributed by atoms with van der Waals surface area (Å²) in [5.41, 5.74) is 1.57. The van der Waals surface area contributed by atoms with E-state index in [4.69, 9.17) is 14.6 Å². The Morgan fingerprint density at radius 1 is 1.00 bits per heavy atom. The molecular formula is C17H17NO5. The molecule has 0 saturated heterocycles. The van der Waals surface area contributed by atoms with Gasteiger partial charge in [-0.3, -0.25) is 0 Å². The SMILES string of the molecule is O=C(O)COc1ccccc1CNC(=O)OCc1ccccc1. The molecule has 1 amide bonds. The molecule has 2 N–H and O–H groups in total. The third-order valence-corrected chi connectivity index (χ3v) is 2.96. The molecule has 6 heteroatoms. The molecule has 0 heterocycles. The van der Waals surface area contributed by atoms with Gasteiger partial charge in [0.1, 0.15) is 12.4 Å². The lowest BCUT2D eigenvalue weighted by Gasteiger charge is -2.11. The maximum absolute atomic E-state index is 11.7. The number of para-hydroxylation sites is 1. The van der Waals surface area contributed by atoms with Crippen LogP contribution in [0, 0.1) is 0 Å². The third kappa shape index (κ3) is 5.70. The molecule has 0 aliphatic rings. The minimum Gasteiger partial charge on any atom is -0.482 e. The molecule has 23 heavy (non-hydrogen) atoms. The third-order valence-electron chi connectivity index (χ3n) is 2.96. The van der Waals surface area contributed by atoms with Gasteiger partial charge < -0.3 is 19.9 Å². The fourth-order valence-corrected chi connectivity index (χ4v) is 1.87. The van der Waals surface area contributed by atoms with Crippen LogP contribution in [-0.2, 0) is 22.7 Å². The van der Waals surface area contributed by atoms with E-state index in [0.29, 0.717) is 11.3 Å². The highest BCUT2D eigenvalue weighted by Crippen LogP contribution is 2.17. The van der Waals surface area contributed by atoms with E-state index >= 15 is 0 Å². The van der Waals surface area contributed by atoms with Gasteiger partial charge in [0.05, 0.1) is 0 Å². The maximum atomic E-state index is 11.7. The van der Waals surface area contributed by atoms with Gasteiger partial charge in [-0.05, 0) is 11.6 Å². The quantitative estimate of drug-likeness (QED) is 0.820. The predicted octanol–water partition coefficient (Wildman–Crippen LogP) is 2.58. The van der Waals surface area contributed by atoms with Gasteiger partial charge in [-0.1, -0.05) is 48.5 Å². The summed E-state index contributed by atoms with van der Waals surface area (Å²) in [7, 11) is 0. The smallest absolute Gasteiger partial charge is 0.407 e.